The van der Waals surface area contributed by atoms with Gasteiger partial charge in [0.2, 0.25) is 0 Å². The summed E-state index contributed by atoms with van der Waals surface area (Å²) < 4.78 is 8.03. The van der Waals surface area contributed by atoms with E-state index in [1.54, 1.807) is 6.20 Å². The van der Waals surface area contributed by atoms with Gasteiger partial charge in [-0.15, -0.1) is 0 Å². The highest BCUT2D eigenvalue weighted by Crippen LogP contribution is 2.37. The molecule has 0 aliphatic heterocycles. The van der Waals surface area contributed by atoms with E-state index in [-0.39, 0.29) is 0 Å². The average Bonchev–Trinajstić information content (AvgIpc) is 2.44. The number of benzene rings is 2. The molecule has 3 rings (SSSR count). The van der Waals surface area contributed by atoms with Crippen molar-refractivity contribution in [3.05, 3.63) is 57.1 Å². The van der Waals surface area contributed by atoms with E-state index in [1.807, 2.05) is 43.3 Å². The molecule has 21 heavy (non-hydrogen) atoms. The van der Waals surface area contributed by atoms with Gasteiger partial charge < -0.3 is 10.5 Å². The minimum atomic E-state index is 0.517. The van der Waals surface area contributed by atoms with Crippen LogP contribution in [-0.2, 0) is 0 Å². The number of hydrogen-bond acceptors (Lipinski definition) is 3. The first-order valence-electron chi connectivity index (χ1n) is 6.32. The van der Waals surface area contributed by atoms with Gasteiger partial charge in [-0.05, 0) is 48.9 Å². The number of pyridine rings is 1. The molecule has 0 saturated heterocycles. The Morgan fingerprint density at radius 3 is 2.52 bits per heavy atom. The van der Waals surface area contributed by atoms with Gasteiger partial charge in [0, 0.05) is 14.3 Å². The molecule has 0 amide bonds. The molecule has 0 aliphatic carbocycles. The smallest absolute Gasteiger partial charge is 0.161 e. The van der Waals surface area contributed by atoms with Crippen LogP contribution in [0.2, 0.25) is 0 Å². The largest absolute Gasteiger partial charge is 0.454 e. The number of aryl methyl sites for hydroxylation is 1. The zero-order valence-corrected chi connectivity index (χ0v) is 14.4. The van der Waals surface area contributed by atoms with Gasteiger partial charge in [0.1, 0.15) is 5.75 Å². The van der Waals surface area contributed by atoms with E-state index in [2.05, 4.69) is 36.8 Å². The zero-order chi connectivity index (χ0) is 15.0. The maximum atomic E-state index is 6.06. The van der Waals surface area contributed by atoms with E-state index < -0.39 is 0 Å². The third-order valence-electron chi connectivity index (χ3n) is 3.16. The predicted octanol–water partition coefficient (Wildman–Crippen LogP) is 5.44. The van der Waals surface area contributed by atoms with E-state index in [9.17, 15) is 0 Å². The number of halogens is 2. The Morgan fingerprint density at radius 2 is 1.76 bits per heavy atom. The molecule has 0 saturated carbocycles. The lowest BCUT2D eigenvalue weighted by Gasteiger charge is -2.13. The van der Waals surface area contributed by atoms with Gasteiger partial charge in [-0.1, -0.05) is 31.9 Å². The Bertz CT molecular complexity index is 829. The topological polar surface area (TPSA) is 48.1 Å². The number of rotatable bonds is 2. The van der Waals surface area contributed by atoms with Crippen molar-refractivity contribution in [1.82, 2.24) is 4.98 Å². The van der Waals surface area contributed by atoms with Gasteiger partial charge in [0.25, 0.3) is 0 Å². The Hall–Kier alpha value is -1.59. The molecule has 0 fully saturated rings. The van der Waals surface area contributed by atoms with Gasteiger partial charge in [0.05, 0.1) is 17.4 Å². The summed E-state index contributed by atoms with van der Waals surface area (Å²) in [5, 5.41) is 0.881. The molecule has 2 N–H and O–H groups in total. The SMILES string of the molecule is Cc1cc(Br)ccc1Oc1c(N)cnc2ccc(Br)cc12. The summed E-state index contributed by atoms with van der Waals surface area (Å²) in [7, 11) is 0. The number of nitrogens with zero attached hydrogens (tertiary/aromatic N) is 1. The van der Waals surface area contributed by atoms with Crippen molar-refractivity contribution >= 4 is 48.5 Å². The lowest BCUT2D eigenvalue weighted by atomic mass is 10.2. The number of aromatic nitrogens is 1. The van der Waals surface area contributed by atoms with Crippen LogP contribution in [0.1, 0.15) is 5.56 Å². The van der Waals surface area contributed by atoms with Crippen LogP contribution >= 0.6 is 31.9 Å². The minimum absolute atomic E-state index is 0.517. The molecule has 3 nitrogen and oxygen atoms in total. The van der Waals surface area contributed by atoms with Gasteiger partial charge in [0.15, 0.2) is 5.75 Å². The number of fused-ring (bicyclic) bond motifs is 1. The van der Waals surface area contributed by atoms with E-state index >= 15 is 0 Å². The van der Waals surface area contributed by atoms with Crippen molar-refractivity contribution in [2.45, 2.75) is 6.92 Å². The quantitative estimate of drug-likeness (QED) is 0.614. The Morgan fingerprint density at radius 1 is 1.05 bits per heavy atom. The van der Waals surface area contributed by atoms with Crippen LogP contribution < -0.4 is 10.5 Å². The summed E-state index contributed by atoms with van der Waals surface area (Å²) in [5.41, 5.74) is 8.44. The lowest BCUT2D eigenvalue weighted by Crippen LogP contribution is -1.96. The van der Waals surface area contributed by atoms with Gasteiger partial charge in [-0.3, -0.25) is 4.98 Å². The normalized spacial score (nSPS) is 10.8. The van der Waals surface area contributed by atoms with Crippen LogP contribution in [0.3, 0.4) is 0 Å². The summed E-state index contributed by atoms with van der Waals surface area (Å²) in [6, 6.07) is 11.7. The number of anilines is 1. The van der Waals surface area contributed by atoms with Crippen LogP contribution in [0.25, 0.3) is 10.9 Å². The minimum Gasteiger partial charge on any atom is -0.454 e. The summed E-state index contributed by atoms with van der Waals surface area (Å²) in [4.78, 5) is 4.33. The second kappa shape index (κ2) is 5.66. The first kappa shape index (κ1) is 14.4. The van der Waals surface area contributed by atoms with E-state index in [4.69, 9.17) is 10.5 Å². The number of hydrogen-bond donors (Lipinski definition) is 1. The number of nitrogen functional groups attached to an aromatic ring is 1. The van der Waals surface area contributed by atoms with Crippen molar-refractivity contribution in [2.24, 2.45) is 0 Å². The molecule has 5 heteroatoms. The molecule has 0 bridgehead atoms. The molecular weight excluding hydrogens is 396 g/mol. The summed E-state index contributed by atoms with van der Waals surface area (Å²) in [6.07, 6.45) is 1.62. The molecule has 2 aromatic carbocycles. The van der Waals surface area contributed by atoms with Crippen LogP contribution in [-0.4, -0.2) is 4.98 Å². The monoisotopic (exact) mass is 406 g/mol. The molecule has 106 valence electrons. The van der Waals surface area contributed by atoms with Crippen LogP contribution in [0, 0.1) is 6.92 Å². The number of ether oxygens (including phenoxy) is 1. The molecule has 0 atom stereocenters. The fraction of sp³-hybridized carbons (Fsp3) is 0.0625. The highest BCUT2D eigenvalue weighted by atomic mass is 79.9. The molecule has 0 spiro atoms. The third-order valence-corrected chi connectivity index (χ3v) is 4.14. The lowest BCUT2D eigenvalue weighted by molar-refractivity contribution is 0.486. The fourth-order valence-corrected chi connectivity index (χ4v) is 2.94. The van der Waals surface area contributed by atoms with Gasteiger partial charge >= 0.3 is 0 Å². The van der Waals surface area contributed by atoms with Gasteiger partial charge in [-0.25, -0.2) is 0 Å². The number of nitrogens with two attached hydrogens (primary N) is 1. The molecule has 0 aliphatic rings. The van der Waals surface area contributed by atoms with Crippen molar-refractivity contribution in [1.29, 1.82) is 0 Å². The zero-order valence-electron chi connectivity index (χ0n) is 11.2. The van der Waals surface area contributed by atoms with E-state index in [0.717, 1.165) is 31.2 Å². The average molecular weight is 408 g/mol. The summed E-state index contributed by atoms with van der Waals surface area (Å²) >= 11 is 6.92. The first-order valence-corrected chi connectivity index (χ1v) is 7.91. The molecule has 0 unspecified atom stereocenters. The Balaban J connectivity index is 2.15. The van der Waals surface area contributed by atoms with Crippen molar-refractivity contribution in [3.63, 3.8) is 0 Å². The molecular formula is C16H12Br2N2O. The maximum Gasteiger partial charge on any atom is 0.161 e. The summed E-state index contributed by atoms with van der Waals surface area (Å²) in [5.74, 6) is 1.41. The fourth-order valence-electron chi connectivity index (χ4n) is 2.11. The van der Waals surface area contributed by atoms with Crippen LogP contribution in [0.15, 0.2) is 51.5 Å². The van der Waals surface area contributed by atoms with Crippen molar-refractivity contribution < 1.29 is 4.74 Å². The van der Waals surface area contributed by atoms with Gasteiger partial charge in [-0.2, -0.15) is 0 Å². The van der Waals surface area contributed by atoms with Crippen molar-refractivity contribution in [3.8, 4) is 11.5 Å². The van der Waals surface area contributed by atoms with E-state index in [1.165, 1.54) is 0 Å². The molecule has 3 aromatic rings. The Labute approximate surface area is 139 Å². The van der Waals surface area contributed by atoms with Crippen LogP contribution in [0.5, 0.6) is 11.5 Å². The van der Waals surface area contributed by atoms with Crippen LogP contribution in [0.4, 0.5) is 5.69 Å². The standard InChI is InChI=1S/C16H12Br2N2O/c1-9-6-10(17)3-5-15(9)21-16-12-7-11(18)2-4-14(12)20-8-13(16)19/h2-8H,19H2,1H3. The third kappa shape index (κ3) is 2.89. The second-order valence-corrected chi connectivity index (χ2v) is 6.55. The van der Waals surface area contributed by atoms with E-state index in [0.29, 0.717) is 11.4 Å². The molecule has 0 radical (unpaired) electrons. The highest BCUT2D eigenvalue weighted by Gasteiger charge is 2.11. The highest BCUT2D eigenvalue weighted by molar-refractivity contribution is 9.10. The Kier molecular flexibility index (Phi) is 3.87. The maximum absolute atomic E-state index is 6.06. The molecule has 1 aromatic heterocycles. The van der Waals surface area contributed by atoms with Crippen molar-refractivity contribution in [2.75, 3.05) is 5.73 Å². The summed E-state index contributed by atoms with van der Waals surface area (Å²) in [6.45, 7) is 2.00. The molecule has 1 heterocycles. The predicted molar refractivity (Wildman–Crippen MR) is 92.8 cm³/mol. The second-order valence-electron chi connectivity index (χ2n) is 4.72. The first-order chi connectivity index (χ1) is 10.0.